The predicted octanol–water partition coefficient (Wildman–Crippen LogP) is 6.20. The zero-order chi connectivity index (χ0) is 11.2. The summed E-state index contributed by atoms with van der Waals surface area (Å²) in [5.41, 5.74) is 0. The molecule has 0 aliphatic heterocycles. The van der Waals surface area contributed by atoms with E-state index in [2.05, 4.69) is 16.2 Å². The molecule has 0 aromatic rings. The zero-order valence-corrected chi connectivity index (χ0v) is 11.9. The van der Waals surface area contributed by atoms with Crippen molar-refractivity contribution in [3.8, 4) is 0 Å². The van der Waals surface area contributed by atoms with Crippen molar-refractivity contribution in [1.82, 2.24) is 0 Å². The fourth-order valence-electron chi connectivity index (χ4n) is 1.99. The molecule has 0 aromatic heterocycles. The van der Waals surface area contributed by atoms with Gasteiger partial charge in [-0.25, -0.2) is 0 Å². The van der Waals surface area contributed by atoms with Gasteiger partial charge in [0.05, 0.1) is 0 Å². The summed E-state index contributed by atoms with van der Waals surface area (Å²) in [7, 11) is 2.81. The van der Waals surface area contributed by atoms with E-state index in [1.807, 2.05) is 0 Å². The van der Waals surface area contributed by atoms with Crippen molar-refractivity contribution in [2.75, 3.05) is 6.16 Å². The molecule has 0 heterocycles. The Balaban J connectivity index is 0. The molecule has 0 saturated carbocycles. The minimum atomic E-state index is 0. The second-order valence-electron chi connectivity index (χ2n) is 4.68. The molecule has 0 N–H and O–H groups in total. The maximum absolute atomic E-state index is 2.81. The van der Waals surface area contributed by atoms with Gasteiger partial charge in [-0.1, -0.05) is 85.0 Å². The molecule has 0 bridgehead atoms. The van der Waals surface area contributed by atoms with Crippen LogP contribution in [-0.4, -0.2) is 6.16 Å². The molecule has 16 heavy (non-hydrogen) atoms. The zero-order valence-electron chi connectivity index (χ0n) is 10.8. The van der Waals surface area contributed by atoms with Crippen LogP contribution in [0.4, 0.5) is 0 Å². The van der Waals surface area contributed by atoms with E-state index in [0.717, 1.165) is 0 Å². The van der Waals surface area contributed by atoms with Crippen LogP contribution in [0.5, 0.6) is 0 Å². The SMILES string of the molecule is C.CCCCCCCCCCCCCCP. The Morgan fingerprint density at radius 1 is 0.562 bits per heavy atom. The summed E-state index contributed by atoms with van der Waals surface area (Å²) in [5, 5.41) is 0. The van der Waals surface area contributed by atoms with Gasteiger partial charge >= 0.3 is 0 Å². The summed E-state index contributed by atoms with van der Waals surface area (Å²) in [4.78, 5) is 0. The van der Waals surface area contributed by atoms with Gasteiger partial charge in [-0.3, -0.25) is 0 Å². The molecule has 0 amide bonds. The minimum absolute atomic E-state index is 0. The highest BCUT2D eigenvalue weighted by molar-refractivity contribution is 7.16. The van der Waals surface area contributed by atoms with E-state index in [4.69, 9.17) is 0 Å². The number of unbranched alkanes of at least 4 members (excludes halogenated alkanes) is 11. The summed E-state index contributed by atoms with van der Waals surface area (Å²) < 4.78 is 0. The van der Waals surface area contributed by atoms with Gasteiger partial charge < -0.3 is 0 Å². The van der Waals surface area contributed by atoms with Crippen molar-refractivity contribution in [1.29, 1.82) is 0 Å². The molecule has 100 valence electrons. The van der Waals surface area contributed by atoms with Crippen LogP contribution in [0.1, 0.15) is 91.4 Å². The maximum Gasteiger partial charge on any atom is -0.0381 e. The van der Waals surface area contributed by atoms with E-state index >= 15 is 0 Å². The van der Waals surface area contributed by atoms with Crippen LogP contribution in [0.15, 0.2) is 0 Å². The second kappa shape index (κ2) is 17.8. The van der Waals surface area contributed by atoms with E-state index in [0.29, 0.717) is 0 Å². The van der Waals surface area contributed by atoms with Crippen molar-refractivity contribution in [2.24, 2.45) is 0 Å². The summed E-state index contributed by atoms with van der Waals surface area (Å²) >= 11 is 0. The smallest absolute Gasteiger partial charge is 0.0381 e. The third kappa shape index (κ3) is 16.8. The molecule has 0 saturated heterocycles. The highest BCUT2D eigenvalue weighted by Crippen LogP contribution is 2.11. The molecule has 0 aliphatic rings. The van der Waals surface area contributed by atoms with Gasteiger partial charge in [-0.05, 0) is 12.6 Å². The van der Waals surface area contributed by atoms with E-state index in [1.165, 1.54) is 83.2 Å². The van der Waals surface area contributed by atoms with Gasteiger partial charge in [0.1, 0.15) is 0 Å². The van der Waals surface area contributed by atoms with E-state index in [1.54, 1.807) is 0 Å². The summed E-state index contributed by atoms with van der Waals surface area (Å²) in [5.74, 6) is 0. The van der Waals surface area contributed by atoms with Crippen LogP contribution in [0.2, 0.25) is 0 Å². The summed E-state index contributed by atoms with van der Waals surface area (Å²) in [6.07, 6.45) is 18.7. The second-order valence-corrected chi connectivity index (χ2v) is 5.26. The van der Waals surface area contributed by atoms with Crippen LogP contribution in [0, 0.1) is 0 Å². The number of hydrogen-bond acceptors (Lipinski definition) is 0. The third-order valence-electron chi connectivity index (χ3n) is 3.06. The minimum Gasteiger partial charge on any atom is -0.138 e. The van der Waals surface area contributed by atoms with Gasteiger partial charge in [0.25, 0.3) is 0 Å². The lowest BCUT2D eigenvalue weighted by Gasteiger charge is -2.01. The molecular weight excluding hydrogens is 211 g/mol. The Labute approximate surface area is 107 Å². The summed E-state index contributed by atoms with van der Waals surface area (Å²) in [6, 6.07) is 0. The monoisotopic (exact) mass is 246 g/mol. The Bertz CT molecular complexity index is 89.6. The quantitative estimate of drug-likeness (QED) is 0.284. The molecule has 1 unspecified atom stereocenters. The first-order valence-corrected chi connectivity index (χ1v) is 7.93. The molecule has 0 aromatic carbocycles. The molecule has 0 rings (SSSR count). The van der Waals surface area contributed by atoms with Crippen LogP contribution < -0.4 is 0 Å². The lowest BCUT2D eigenvalue weighted by Crippen LogP contribution is -1.82. The first-order chi connectivity index (χ1) is 7.41. The summed E-state index contributed by atoms with van der Waals surface area (Å²) in [6.45, 7) is 2.29. The lowest BCUT2D eigenvalue weighted by atomic mass is 10.1. The Morgan fingerprint density at radius 3 is 1.19 bits per heavy atom. The molecule has 0 spiro atoms. The molecule has 1 heteroatoms. The van der Waals surface area contributed by atoms with Crippen molar-refractivity contribution < 1.29 is 0 Å². The number of hydrogen-bond donors (Lipinski definition) is 0. The molecule has 0 nitrogen and oxygen atoms in total. The van der Waals surface area contributed by atoms with Crippen LogP contribution in [0.25, 0.3) is 0 Å². The van der Waals surface area contributed by atoms with Crippen molar-refractivity contribution in [3.05, 3.63) is 0 Å². The van der Waals surface area contributed by atoms with Crippen LogP contribution in [0.3, 0.4) is 0 Å². The average Bonchev–Trinajstić information content (AvgIpc) is 2.26. The number of rotatable bonds is 12. The topological polar surface area (TPSA) is 0 Å². The van der Waals surface area contributed by atoms with Crippen LogP contribution in [-0.2, 0) is 0 Å². The molecule has 0 aliphatic carbocycles. The predicted molar refractivity (Wildman–Crippen MR) is 82.4 cm³/mol. The van der Waals surface area contributed by atoms with Gasteiger partial charge in [0, 0.05) is 0 Å². The highest BCUT2D eigenvalue weighted by atomic mass is 31.0. The standard InChI is InChI=1S/C14H31P.CH4/c1-2-3-4-5-6-7-8-9-10-11-12-13-14-15;/h2-15H2,1H3;1H4. The third-order valence-corrected chi connectivity index (χ3v) is 3.47. The van der Waals surface area contributed by atoms with E-state index in [9.17, 15) is 0 Å². The average molecular weight is 246 g/mol. The maximum atomic E-state index is 2.81. The first kappa shape index (κ1) is 18.8. The van der Waals surface area contributed by atoms with E-state index < -0.39 is 0 Å². The molecule has 0 fully saturated rings. The van der Waals surface area contributed by atoms with Crippen molar-refractivity contribution in [2.45, 2.75) is 91.4 Å². The largest absolute Gasteiger partial charge is 0.138 e. The van der Waals surface area contributed by atoms with E-state index in [-0.39, 0.29) is 7.43 Å². The lowest BCUT2D eigenvalue weighted by molar-refractivity contribution is 0.548. The van der Waals surface area contributed by atoms with Crippen molar-refractivity contribution in [3.63, 3.8) is 0 Å². The van der Waals surface area contributed by atoms with Crippen molar-refractivity contribution >= 4 is 9.24 Å². The van der Waals surface area contributed by atoms with Crippen LogP contribution >= 0.6 is 9.24 Å². The fraction of sp³-hybridized carbons (Fsp3) is 1.00. The fourth-order valence-corrected chi connectivity index (χ4v) is 2.27. The Morgan fingerprint density at radius 2 is 0.875 bits per heavy atom. The Kier molecular flexibility index (Phi) is 20.9. The molecular formula is C15H35P. The van der Waals surface area contributed by atoms with Gasteiger partial charge in [0.2, 0.25) is 0 Å². The highest BCUT2D eigenvalue weighted by Gasteiger charge is 1.92. The normalized spacial score (nSPS) is 10.1. The Hall–Kier alpha value is 0.430. The van der Waals surface area contributed by atoms with Gasteiger partial charge in [-0.15, -0.1) is 9.24 Å². The molecule has 0 radical (unpaired) electrons. The van der Waals surface area contributed by atoms with Gasteiger partial charge in [0.15, 0.2) is 0 Å². The van der Waals surface area contributed by atoms with Gasteiger partial charge in [-0.2, -0.15) is 0 Å². The molecule has 1 atom stereocenters. The first-order valence-electron chi connectivity index (χ1n) is 7.12.